The largest absolute Gasteiger partial charge is 0.395 e. The summed E-state index contributed by atoms with van der Waals surface area (Å²) < 4.78 is 25.0. The summed E-state index contributed by atoms with van der Waals surface area (Å²) in [6, 6.07) is 6.98. The first-order valence-corrected chi connectivity index (χ1v) is 7.43. The molecule has 0 aliphatic carbocycles. The van der Waals surface area contributed by atoms with Crippen molar-refractivity contribution in [3.05, 3.63) is 40.3 Å². The molecule has 100 valence electrons. The van der Waals surface area contributed by atoms with Crippen LogP contribution in [0.2, 0.25) is 5.02 Å². The molecule has 0 fully saturated rings. The zero-order valence-corrected chi connectivity index (χ0v) is 11.7. The second kappa shape index (κ2) is 6.89. The van der Waals surface area contributed by atoms with Crippen LogP contribution in [0, 0.1) is 0 Å². The highest BCUT2D eigenvalue weighted by atomic mass is 35.5. The molecule has 0 radical (unpaired) electrons. The maximum atomic E-state index is 11.9. The minimum atomic E-state index is -3.52. The van der Waals surface area contributed by atoms with Gasteiger partial charge in [-0.25, -0.2) is 8.42 Å². The Kier molecular flexibility index (Phi) is 5.81. The molecule has 0 amide bonds. The van der Waals surface area contributed by atoms with Crippen LogP contribution in [0.4, 0.5) is 0 Å². The van der Waals surface area contributed by atoms with Gasteiger partial charge in [-0.15, -0.1) is 0 Å². The molecule has 1 aromatic rings. The maximum absolute atomic E-state index is 11.9. The van der Waals surface area contributed by atoms with Crippen LogP contribution < -0.4 is 0 Å². The zero-order valence-electron chi connectivity index (χ0n) is 10.1. The van der Waals surface area contributed by atoms with Gasteiger partial charge in [0, 0.05) is 23.5 Å². The minimum absolute atomic E-state index is 0.0890. The molecular formula is C12H16ClNO3S. The van der Waals surface area contributed by atoms with Gasteiger partial charge in [-0.05, 0) is 17.7 Å². The molecule has 0 heterocycles. The Morgan fingerprint density at radius 2 is 2.06 bits per heavy atom. The molecule has 0 aliphatic rings. The average Bonchev–Trinajstić information content (AvgIpc) is 2.34. The summed E-state index contributed by atoms with van der Waals surface area (Å²) in [5.74, 6) is 0. The second-order valence-electron chi connectivity index (χ2n) is 3.58. The third-order valence-electron chi connectivity index (χ3n) is 2.39. The predicted molar refractivity (Wildman–Crippen MR) is 73.7 cm³/mol. The van der Waals surface area contributed by atoms with Crippen molar-refractivity contribution in [2.24, 2.45) is 0 Å². The van der Waals surface area contributed by atoms with Crippen molar-refractivity contribution in [1.82, 2.24) is 4.31 Å². The van der Waals surface area contributed by atoms with Crippen LogP contribution in [0.5, 0.6) is 0 Å². The normalized spacial score (nSPS) is 12.4. The van der Waals surface area contributed by atoms with Crippen molar-refractivity contribution in [3.8, 4) is 0 Å². The van der Waals surface area contributed by atoms with Crippen molar-refractivity contribution in [2.45, 2.75) is 6.92 Å². The first-order chi connectivity index (χ1) is 8.51. The molecule has 0 bridgehead atoms. The van der Waals surface area contributed by atoms with Crippen molar-refractivity contribution in [3.63, 3.8) is 0 Å². The Morgan fingerprint density at radius 1 is 1.39 bits per heavy atom. The van der Waals surface area contributed by atoms with Gasteiger partial charge in [0.15, 0.2) is 0 Å². The Morgan fingerprint density at radius 3 is 2.61 bits per heavy atom. The number of likely N-dealkylation sites (N-methyl/N-ethyl adjacent to an activating group) is 1. The fraction of sp³-hybridized carbons (Fsp3) is 0.333. The molecule has 4 nitrogen and oxygen atoms in total. The van der Waals surface area contributed by atoms with E-state index in [-0.39, 0.29) is 13.2 Å². The minimum Gasteiger partial charge on any atom is -0.395 e. The van der Waals surface area contributed by atoms with Crippen LogP contribution in [-0.2, 0) is 10.0 Å². The molecule has 0 aliphatic heterocycles. The van der Waals surface area contributed by atoms with Gasteiger partial charge < -0.3 is 5.11 Å². The number of rotatable bonds is 6. The van der Waals surface area contributed by atoms with E-state index in [1.807, 2.05) is 0 Å². The quantitative estimate of drug-likeness (QED) is 0.871. The predicted octanol–water partition coefficient (Wildman–Crippen LogP) is 1.95. The molecule has 0 spiro atoms. The van der Waals surface area contributed by atoms with Crippen LogP contribution in [0.25, 0.3) is 6.08 Å². The Labute approximate surface area is 113 Å². The number of hydrogen-bond acceptors (Lipinski definition) is 3. The summed E-state index contributed by atoms with van der Waals surface area (Å²) in [6.07, 6.45) is 1.46. The van der Waals surface area contributed by atoms with Gasteiger partial charge in [-0.3, -0.25) is 0 Å². The number of benzene rings is 1. The van der Waals surface area contributed by atoms with E-state index in [2.05, 4.69) is 0 Å². The molecule has 1 N–H and O–H groups in total. The van der Waals surface area contributed by atoms with Crippen LogP contribution in [0.1, 0.15) is 12.5 Å². The Balaban J connectivity index is 2.92. The third-order valence-corrected chi connectivity index (χ3v) is 4.37. The van der Waals surface area contributed by atoms with E-state index >= 15 is 0 Å². The molecular weight excluding hydrogens is 274 g/mol. The SMILES string of the molecule is CCN(CCO)S(=O)(=O)/C=C/c1ccccc1Cl. The van der Waals surface area contributed by atoms with Gasteiger partial charge in [0.05, 0.1) is 6.61 Å². The van der Waals surface area contributed by atoms with Gasteiger partial charge in [-0.2, -0.15) is 4.31 Å². The van der Waals surface area contributed by atoms with Crippen LogP contribution in [-0.4, -0.2) is 37.5 Å². The van der Waals surface area contributed by atoms with Gasteiger partial charge in [-0.1, -0.05) is 36.7 Å². The molecule has 1 aromatic carbocycles. The van der Waals surface area contributed by atoms with Crippen molar-refractivity contribution >= 4 is 27.7 Å². The summed E-state index contributed by atoms with van der Waals surface area (Å²) in [7, 11) is -3.52. The highest BCUT2D eigenvalue weighted by Gasteiger charge is 2.16. The van der Waals surface area contributed by atoms with Crippen LogP contribution in [0.15, 0.2) is 29.7 Å². The fourth-order valence-corrected chi connectivity index (χ4v) is 2.82. The summed E-state index contributed by atoms with van der Waals surface area (Å²) >= 11 is 5.93. The number of halogens is 1. The maximum Gasteiger partial charge on any atom is 0.236 e. The number of hydrogen-bond donors (Lipinski definition) is 1. The molecule has 6 heteroatoms. The van der Waals surface area contributed by atoms with Crippen molar-refractivity contribution in [1.29, 1.82) is 0 Å². The molecule has 18 heavy (non-hydrogen) atoms. The molecule has 0 unspecified atom stereocenters. The molecule has 1 rings (SSSR count). The summed E-state index contributed by atoms with van der Waals surface area (Å²) in [5, 5.41) is 10.4. The van der Waals surface area contributed by atoms with Gasteiger partial charge in [0.1, 0.15) is 0 Å². The van der Waals surface area contributed by atoms with E-state index in [0.29, 0.717) is 17.1 Å². The standard InChI is InChI=1S/C12H16ClNO3S/c1-2-14(8-9-15)18(16,17)10-7-11-5-3-4-6-12(11)13/h3-7,10,15H,2,8-9H2,1H3/b10-7+. The summed E-state index contributed by atoms with van der Waals surface area (Å²) in [6.45, 7) is 1.92. The third kappa shape index (κ3) is 4.10. The molecule has 0 aromatic heterocycles. The fourth-order valence-electron chi connectivity index (χ4n) is 1.43. The van der Waals surface area contributed by atoms with Gasteiger partial charge in [0.2, 0.25) is 10.0 Å². The second-order valence-corrected chi connectivity index (χ2v) is 5.81. The van der Waals surface area contributed by atoms with E-state index in [1.54, 1.807) is 31.2 Å². The first kappa shape index (κ1) is 15.2. The van der Waals surface area contributed by atoms with E-state index in [0.717, 1.165) is 5.41 Å². The van der Waals surface area contributed by atoms with Crippen molar-refractivity contribution < 1.29 is 13.5 Å². The highest BCUT2D eigenvalue weighted by molar-refractivity contribution is 7.92. The highest BCUT2D eigenvalue weighted by Crippen LogP contribution is 2.17. The first-order valence-electron chi connectivity index (χ1n) is 5.55. The van der Waals surface area contributed by atoms with Crippen LogP contribution >= 0.6 is 11.6 Å². The molecule has 0 saturated carbocycles. The lowest BCUT2D eigenvalue weighted by Gasteiger charge is -2.16. The Bertz CT molecular complexity index is 514. The van der Waals surface area contributed by atoms with Crippen molar-refractivity contribution in [2.75, 3.05) is 19.7 Å². The number of aliphatic hydroxyl groups excluding tert-OH is 1. The van der Waals surface area contributed by atoms with Gasteiger partial charge in [0.25, 0.3) is 0 Å². The lowest BCUT2D eigenvalue weighted by Crippen LogP contribution is -2.31. The summed E-state index contributed by atoms with van der Waals surface area (Å²) in [4.78, 5) is 0. The zero-order chi connectivity index (χ0) is 13.6. The number of nitrogens with zero attached hydrogens (tertiary/aromatic N) is 1. The lowest BCUT2D eigenvalue weighted by atomic mass is 10.2. The number of sulfonamides is 1. The van der Waals surface area contributed by atoms with Crippen LogP contribution in [0.3, 0.4) is 0 Å². The topological polar surface area (TPSA) is 57.6 Å². The van der Waals surface area contributed by atoms with E-state index in [4.69, 9.17) is 16.7 Å². The number of aliphatic hydroxyl groups is 1. The monoisotopic (exact) mass is 289 g/mol. The molecule has 0 atom stereocenters. The average molecular weight is 290 g/mol. The summed E-state index contributed by atoms with van der Waals surface area (Å²) in [5.41, 5.74) is 0.641. The van der Waals surface area contributed by atoms with E-state index in [1.165, 1.54) is 10.4 Å². The van der Waals surface area contributed by atoms with Gasteiger partial charge >= 0.3 is 0 Å². The Hall–Kier alpha value is -0.880. The molecule has 0 saturated heterocycles. The smallest absolute Gasteiger partial charge is 0.236 e. The lowest BCUT2D eigenvalue weighted by molar-refractivity contribution is 0.258. The van der Waals surface area contributed by atoms with E-state index < -0.39 is 10.0 Å². The van der Waals surface area contributed by atoms with E-state index in [9.17, 15) is 8.42 Å².